The second-order valence-corrected chi connectivity index (χ2v) is 4.95. The maximum Gasteiger partial charge on any atom is 0.222 e. The molecule has 0 saturated heterocycles. The van der Waals surface area contributed by atoms with Crippen LogP contribution in [0, 0.1) is 5.92 Å². The molecule has 1 fully saturated rings. The average Bonchev–Trinajstić information content (AvgIpc) is 2.31. The highest BCUT2D eigenvalue weighted by Crippen LogP contribution is 2.23. The molecule has 0 aromatic rings. The predicted octanol–water partition coefficient (Wildman–Crippen LogP) is 1.44. The van der Waals surface area contributed by atoms with Crippen LogP contribution in [0.25, 0.3) is 0 Å². The number of hydrogen-bond acceptors (Lipinski definition) is 3. The number of amides is 1. The van der Waals surface area contributed by atoms with Crippen LogP contribution >= 0.6 is 0 Å². The fourth-order valence-corrected chi connectivity index (χ4v) is 2.45. The van der Waals surface area contributed by atoms with Gasteiger partial charge in [0.2, 0.25) is 5.91 Å². The van der Waals surface area contributed by atoms with Crippen molar-refractivity contribution in [1.29, 1.82) is 0 Å². The Morgan fingerprint density at radius 1 is 1.47 bits per heavy atom. The van der Waals surface area contributed by atoms with Crippen LogP contribution < -0.4 is 11.1 Å². The van der Waals surface area contributed by atoms with E-state index in [4.69, 9.17) is 10.5 Å². The van der Waals surface area contributed by atoms with Gasteiger partial charge in [0.05, 0.1) is 12.5 Å². The molecule has 1 rings (SSSR count). The third-order valence-corrected chi connectivity index (χ3v) is 3.54. The van der Waals surface area contributed by atoms with Crippen molar-refractivity contribution in [2.45, 2.75) is 58.1 Å². The minimum atomic E-state index is -0.140. The summed E-state index contributed by atoms with van der Waals surface area (Å²) >= 11 is 0. The number of nitrogens with one attached hydrogen (secondary N) is 1. The quantitative estimate of drug-likeness (QED) is 0.740. The van der Waals surface area contributed by atoms with Gasteiger partial charge in [-0.1, -0.05) is 19.8 Å². The van der Waals surface area contributed by atoms with Crippen LogP contribution in [-0.4, -0.2) is 31.2 Å². The van der Waals surface area contributed by atoms with Gasteiger partial charge in [-0.25, -0.2) is 0 Å². The van der Waals surface area contributed by atoms with Crippen molar-refractivity contribution in [3.8, 4) is 0 Å². The fraction of sp³-hybridized carbons (Fsp3) is 0.923. The van der Waals surface area contributed by atoms with Crippen molar-refractivity contribution >= 4 is 5.91 Å². The summed E-state index contributed by atoms with van der Waals surface area (Å²) in [4.78, 5) is 11.9. The highest BCUT2D eigenvalue weighted by atomic mass is 16.5. The van der Waals surface area contributed by atoms with Gasteiger partial charge in [0.25, 0.3) is 0 Å². The van der Waals surface area contributed by atoms with Gasteiger partial charge in [-0.3, -0.25) is 4.79 Å². The molecule has 100 valence electrons. The van der Waals surface area contributed by atoms with Crippen molar-refractivity contribution in [2.75, 3.05) is 13.2 Å². The van der Waals surface area contributed by atoms with Crippen LogP contribution in [0.1, 0.15) is 46.0 Å². The van der Waals surface area contributed by atoms with Gasteiger partial charge in [-0.05, 0) is 25.7 Å². The minimum Gasteiger partial charge on any atom is -0.377 e. The Hall–Kier alpha value is -0.610. The first-order chi connectivity index (χ1) is 8.17. The normalized spacial score (nSPS) is 26.5. The van der Waals surface area contributed by atoms with E-state index >= 15 is 0 Å². The second-order valence-electron chi connectivity index (χ2n) is 4.95. The Labute approximate surface area is 104 Å². The zero-order valence-corrected chi connectivity index (χ0v) is 11.1. The van der Waals surface area contributed by atoms with E-state index in [1.54, 1.807) is 0 Å². The maximum absolute atomic E-state index is 11.9. The van der Waals surface area contributed by atoms with Gasteiger partial charge in [-0.15, -0.1) is 0 Å². The molecule has 0 aromatic carbocycles. The summed E-state index contributed by atoms with van der Waals surface area (Å²) in [7, 11) is 0. The molecule has 3 atom stereocenters. The standard InChI is InChI=1S/C13H26N2O2/c1-3-17-11(9-14)8-13(16)15-12-7-5-4-6-10(12)2/h10-12H,3-9,14H2,1-2H3,(H,15,16). The molecular weight excluding hydrogens is 216 g/mol. The SMILES string of the molecule is CCOC(CN)CC(=O)NC1CCCCC1C. The van der Waals surface area contributed by atoms with Crippen LogP contribution in [-0.2, 0) is 9.53 Å². The lowest BCUT2D eigenvalue weighted by molar-refractivity contribution is -0.125. The molecule has 0 heterocycles. The lowest BCUT2D eigenvalue weighted by atomic mass is 9.86. The van der Waals surface area contributed by atoms with Gasteiger partial charge in [0.1, 0.15) is 0 Å². The Morgan fingerprint density at radius 2 is 2.18 bits per heavy atom. The smallest absolute Gasteiger partial charge is 0.222 e. The zero-order chi connectivity index (χ0) is 12.7. The number of carbonyl (C=O) groups excluding carboxylic acids is 1. The van der Waals surface area contributed by atoms with Gasteiger partial charge < -0.3 is 15.8 Å². The van der Waals surface area contributed by atoms with E-state index in [1.807, 2.05) is 6.92 Å². The Morgan fingerprint density at radius 3 is 2.76 bits per heavy atom. The van der Waals surface area contributed by atoms with E-state index in [2.05, 4.69) is 12.2 Å². The molecule has 0 aliphatic heterocycles. The summed E-state index contributed by atoms with van der Waals surface area (Å²) in [5, 5.41) is 3.12. The molecule has 1 saturated carbocycles. The molecule has 3 N–H and O–H groups in total. The molecule has 0 aromatic heterocycles. The third-order valence-electron chi connectivity index (χ3n) is 3.54. The van der Waals surface area contributed by atoms with Crippen LogP contribution in [0.4, 0.5) is 0 Å². The molecule has 4 heteroatoms. The van der Waals surface area contributed by atoms with E-state index in [0.29, 0.717) is 31.5 Å². The van der Waals surface area contributed by atoms with E-state index in [0.717, 1.165) is 6.42 Å². The first kappa shape index (κ1) is 14.5. The van der Waals surface area contributed by atoms with Gasteiger partial charge in [0.15, 0.2) is 0 Å². The summed E-state index contributed by atoms with van der Waals surface area (Å²) in [6, 6.07) is 0.344. The van der Waals surface area contributed by atoms with E-state index in [1.165, 1.54) is 19.3 Å². The lowest BCUT2D eigenvalue weighted by Crippen LogP contribution is -2.43. The van der Waals surface area contributed by atoms with Crippen molar-refractivity contribution in [3.63, 3.8) is 0 Å². The first-order valence-electron chi connectivity index (χ1n) is 6.78. The van der Waals surface area contributed by atoms with Crippen LogP contribution in [0.5, 0.6) is 0 Å². The highest BCUT2D eigenvalue weighted by Gasteiger charge is 2.23. The molecule has 0 bridgehead atoms. The molecule has 17 heavy (non-hydrogen) atoms. The summed E-state index contributed by atoms with van der Waals surface area (Å²) in [6.07, 6.45) is 5.08. The average molecular weight is 242 g/mol. The zero-order valence-electron chi connectivity index (χ0n) is 11.1. The van der Waals surface area contributed by atoms with Gasteiger partial charge in [0, 0.05) is 19.2 Å². The fourth-order valence-electron chi connectivity index (χ4n) is 2.45. The Kier molecular flexibility index (Phi) is 6.52. The summed E-state index contributed by atoms with van der Waals surface area (Å²) in [5.74, 6) is 0.670. The summed E-state index contributed by atoms with van der Waals surface area (Å²) < 4.78 is 5.39. The van der Waals surface area contributed by atoms with Crippen LogP contribution in [0.15, 0.2) is 0 Å². The number of carbonyl (C=O) groups is 1. The monoisotopic (exact) mass is 242 g/mol. The third kappa shape index (κ3) is 5.04. The van der Waals surface area contributed by atoms with E-state index in [-0.39, 0.29) is 12.0 Å². The van der Waals surface area contributed by atoms with Crippen LogP contribution in [0.2, 0.25) is 0 Å². The molecule has 1 amide bonds. The molecule has 1 aliphatic carbocycles. The first-order valence-corrected chi connectivity index (χ1v) is 6.78. The molecule has 1 aliphatic rings. The van der Waals surface area contributed by atoms with Crippen molar-refractivity contribution in [3.05, 3.63) is 0 Å². The Balaban J connectivity index is 2.32. The minimum absolute atomic E-state index is 0.0765. The number of hydrogen-bond donors (Lipinski definition) is 2. The summed E-state index contributed by atoms with van der Waals surface area (Å²) in [5.41, 5.74) is 5.56. The van der Waals surface area contributed by atoms with Gasteiger partial charge >= 0.3 is 0 Å². The van der Waals surface area contributed by atoms with Gasteiger partial charge in [-0.2, -0.15) is 0 Å². The van der Waals surface area contributed by atoms with E-state index < -0.39 is 0 Å². The Bertz CT molecular complexity index is 233. The number of nitrogens with two attached hydrogens (primary N) is 1. The van der Waals surface area contributed by atoms with E-state index in [9.17, 15) is 4.79 Å². The molecule has 4 nitrogen and oxygen atoms in total. The predicted molar refractivity (Wildman–Crippen MR) is 68.6 cm³/mol. The molecule has 0 spiro atoms. The molecule has 0 radical (unpaired) electrons. The molecular formula is C13H26N2O2. The summed E-state index contributed by atoms with van der Waals surface area (Å²) in [6.45, 7) is 5.15. The number of ether oxygens (including phenoxy) is 1. The largest absolute Gasteiger partial charge is 0.377 e. The second kappa shape index (κ2) is 7.67. The van der Waals surface area contributed by atoms with Crippen LogP contribution in [0.3, 0.4) is 0 Å². The van der Waals surface area contributed by atoms with Crippen molar-refractivity contribution in [1.82, 2.24) is 5.32 Å². The topological polar surface area (TPSA) is 64.3 Å². The highest BCUT2D eigenvalue weighted by molar-refractivity contribution is 5.76. The van der Waals surface area contributed by atoms with Crippen molar-refractivity contribution in [2.24, 2.45) is 11.7 Å². The lowest BCUT2D eigenvalue weighted by Gasteiger charge is -2.30. The maximum atomic E-state index is 11.9. The molecule has 3 unspecified atom stereocenters. The van der Waals surface area contributed by atoms with Crippen molar-refractivity contribution < 1.29 is 9.53 Å². The number of rotatable bonds is 6.